The lowest BCUT2D eigenvalue weighted by atomic mass is 10.1. The maximum Gasteiger partial charge on any atom is 0.407 e. The van der Waals surface area contributed by atoms with Crippen molar-refractivity contribution in [3.63, 3.8) is 0 Å². The van der Waals surface area contributed by atoms with Gasteiger partial charge in [-0.05, 0) is 12.3 Å². The highest BCUT2D eigenvalue weighted by molar-refractivity contribution is 5.68. The summed E-state index contributed by atoms with van der Waals surface area (Å²) in [6, 6.07) is 0. The number of rotatable bonds is 2. The van der Waals surface area contributed by atoms with Crippen molar-refractivity contribution >= 4 is 12.1 Å². The number of carboxylic acids is 1. The first-order chi connectivity index (χ1) is 5.59. The Kier molecular flexibility index (Phi) is 2.52. The summed E-state index contributed by atoms with van der Waals surface area (Å²) in [6.07, 6.45) is -0.217. The molecule has 0 spiro atoms. The first-order valence-corrected chi connectivity index (χ1v) is 3.79. The monoisotopic (exact) mass is 173 g/mol. The van der Waals surface area contributed by atoms with Crippen LogP contribution in [0.3, 0.4) is 0 Å². The van der Waals surface area contributed by atoms with Crippen LogP contribution in [0.1, 0.15) is 12.8 Å². The molecule has 1 saturated heterocycles. The smallest absolute Gasteiger partial charge is 0.407 e. The van der Waals surface area contributed by atoms with Gasteiger partial charge >= 0.3 is 12.1 Å². The third-order valence-electron chi connectivity index (χ3n) is 2.02. The first-order valence-electron chi connectivity index (χ1n) is 3.79. The van der Waals surface area contributed by atoms with E-state index >= 15 is 0 Å². The van der Waals surface area contributed by atoms with E-state index in [9.17, 15) is 9.59 Å². The van der Waals surface area contributed by atoms with Crippen molar-refractivity contribution in [2.24, 2.45) is 5.92 Å². The van der Waals surface area contributed by atoms with Gasteiger partial charge in [0.05, 0.1) is 0 Å². The van der Waals surface area contributed by atoms with E-state index in [-0.39, 0.29) is 12.3 Å². The van der Waals surface area contributed by atoms with Gasteiger partial charge < -0.3 is 15.1 Å². The van der Waals surface area contributed by atoms with Crippen molar-refractivity contribution in [1.29, 1.82) is 0 Å². The van der Waals surface area contributed by atoms with E-state index in [0.717, 1.165) is 0 Å². The standard InChI is InChI=1S/C7H11NO4/c9-6(10)3-5-1-2-8(4-5)7(11)12/h5H,1-4H2,(H,9,10)(H,11,12)/t5-/m0/s1. The molecule has 2 N–H and O–H groups in total. The highest BCUT2D eigenvalue weighted by Crippen LogP contribution is 2.19. The molecule has 1 atom stereocenters. The van der Waals surface area contributed by atoms with Crippen LogP contribution in [-0.4, -0.2) is 40.3 Å². The molecule has 0 bridgehead atoms. The molecular formula is C7H11NO4. The van der Waals surface area contributed by atoms with Gasteiger partial charge in [0.1, 0.15) is 0 Å². The van der Waals surface area contributed by atoms with Gasteiger partial charge in [0.25, 0.3) is 0 Å². The summed E-state index contributed by atoms with van der Waals surface area (Å²) in [5.41, 5.74) is 0. The molecule has 12 heavy (non-hydrogen) atoms. The predicted molar refractivity (Wildman–Crippen MR) is 40.0 cm³/mol. The van der Waals surface area contributed by atoms with Crippen molar-refractivity contribution in [2.45, 2.75) is 12.8 Å². The van der Waals surface area contributed by atoms with Gasteiger partial charge in [-0.25, -0.2) is 4.79 Å². The second kappa shape index (κ2) is 3.42. The van der Waals surface area contributed by atoms with Gasteiger partial charge in [0.15, 0.2) is 0 Å². The van der Waals surface area contributed by atoms with E-state index in [2.05, 4.69) is 0 Å². The Morgan fingerprint density at radius 2 is 2.08 bits per heavy atom. The van der Waals surface area contributed by atoms with Crippen molar-refractivity contribution in [1.82, 2.24) is 4.90 Å². The van der Waals surface area contributed by atoms with Crippen LogP contribution in [0.5, 0.6) is 0 Å². The zero-order valence-corrected chi connectivity index (χ0v) is 6.56. The minimum Gasteiger partial charge on any atom is -0.481 e. The Balaban J connectivity index is 2.35. The van der Waals surface area contributed by atoms with Gasteiger partial charge in [-0.15, -0.1) is 0 Å². The number of carbonyl (C=O) groups is 2. The predicted octanol–water partition coefficient (Wildman–Crippen LogP) is 0.461. The average molecular weight is 173 g/mol. The molecule has 5 heteroatoms. The quantitative estimate of drug-likeness (QED) is 0.635. The van der Waals surface area contributed by atoms with Gasteiger partial charge in [-0.3, -0.25) is 4.79 Å². The normalized spacial score (nSPS) is 22.7. The van der Waals surface area contributed by atoms with E-state index in [1.54, 1.807) is 0 Å². The number of hydrogen-bond acceptors (Lipinski definition) is 2. The molecule has 0 radical (unpaired) electrons. The fourth-order valence-electron chi connectivity index (χ4n) is 1.42. The first kappa shape index (κ1) is 8.83. The van der Waals surface area contributed by atoms with E-state index < -0.39 is 12.1 Å². The Bertz CT molecular complexity index is 204. The fourth-order valence-corrected chi connectivity index (χ4v) is 1.42. The van der Waals surface area contributed by atoms with Crippen LogP contribution in [-0.2, 0) is 4.79 Å². The molecule has 0 aliphatic carbocycles. The summed E-state index contributed by atoms with van der Waals surface area (Å²) in [4.78, 5) is 21.9. The lowest BCUT2D eigenvalue weighted by molar-refractivity contribution is -0.138. The highest BCUT2D eigenvalue weighted by Gasteiger charge is 2.27. The lowest BCUT2D eigenvalue weighted by Crippen LogP contribution is -2.26. The topological polar surface area (TPSA) is 77.8 Å². The lowest BCUT2D eigenvalue weighted by Gasteiger charge is -2.10. The van der Waals surface area contributed by atoms with Crippen LogP contribution < -0.4 is 0 Å². The van der Waals surface area contributed by atoms with Crippen molar-refractivity contribution in [3.05, 3.63) is 0 Å². The molecule has 1 fully saturated rings. The molecule has 68 valence electrons. The third-order valence-corrected chi connectivity index (χ3v) is 2.02. The summed E-state index contributed by atoms with van der Waals surface area (Å²) >= 11 is 0. The van der Waals surface area contributed by atoms with Crippen LogP contribution in [0.4, 0.5) is 4.79 Å². The number of nitrogens with zero attached hydrogens (tertiary/aromatic N) is 1. The molecule has 1 aliphatic rings. The van der Waals surface area contributed by atoms with Crippen LogP contribution in [0.25, 0.3) is 0 Å². The average Bonchev–Trinajstić information content (AvgIpc) is 2.34. The van der Waals surface area contributed by atoms with Gasteiger partial charge in [0.2, 0.25) is 0 Å². The summed E-state index contributed by atoms with van der Waals surface area (Å²) in [5.74, 6) is -0.856. The molecule has 0 unspecified atom stereocenters. The molecule has 0 aromatic rings. The molecule has 5 nitrogen and oxygen atoms in total. The summed E-state index contributed by atoms with van der Waals surface area (Å²) in [6.45, 7) is 0.828. The molecule has 1 amide bonds. The molecule has 0 aromatic heterocycles. The zero-order valence-electron chi connectivity index (χ0n) is 6.56. The van der Waals surface area contributed by atoms with Crippen LogP contribution in [0.2, 0.25) is 0 Å². The number of hydrogen-bond donors (Lipinski definition) is 2. The fraction of sp³-hybridized carbons (Fsp3) is 0.714. The Labute approximate surface area is 69.6 Å². The number of aliphatic carboxylic acids is 1. The largest absolute Gasteiger partial charge is 0.481 e. The van der Waals surface area contributed by atoms with E-state index in [1.807, 2.05) is 0 Å². The van der Waals surface area contributed by atoms with Crippen LogP contribution in [0.15, 0.2) is 0 Å². The van der Waals surface area contributed by atoms with E-state index in [1.165, 1.54) is 4.90 Å². The second-order valence-corrected chi connectivity index (χ2v) is 2.98. The Morgan fingerprint density at radius 3 is 2.50 bits per heavy atom. The summed E-state index contributed by atoms with van der Waals surface area (Å²) < 4.78 is 0. The van der Waals surface area contributed by atoms with Gasteiger partial charge in [0, 0.05) is 19.5 Å². The number of carboxylic acid groups (broad SMARTS) is 2. The van der Waals surface area contributed by atoms with Crippen molar-refractivity contribution in [2.75, 3.05) is 13.1 Å². The SMILES string of the molecule is O=C(O)C[C@@H]1CCN(C(=O)O)C1. The molecule has 0 aromatic carbocycles. The van der Waals surface area contributed by atoms with E-state index in [4.69, 9.17) is 10.2 Å². The minimum absolute atomic E-state index is 0.00130. The molecule has 0 saturated carbocycles. The zero-order chi connectivity index (χ0) is 9.14. The van der Waals surface area contributed by atoms with Crippen molar-refractivity contribution < 1.29 is 19.8 Å². The van der Waals surface area contributed by atoms with Crippen LogP contribution in [0, 0.1) is 5.92 Å². The molecular weight excluding hydrogens is 162 g/mol. The minimum atomic E-state index is -0.956. The number of amides is 1. The maximum absolute atomic E-state index is 10.4. The molecule has 1 rings (SSSR count). The van der Waals surface area contributed by atoms with Crippen molar-refractivity contribution in [3.8, 4) is 0 Å². The summed E-state index contributed by atoms with van der Waals surface area (Å²) in [7, 11) is 0. The molecule has 1 aliphatic heterocycles. The van der Waals surface area contributed by atoms with Gasteiger partial charge in [-0.1, -0.05) is 0 Å². The number of likely N-dealkylation sites (tertiary alicyclic amines) is 1. The Morgan fingerprint density at radius 1 is 1.42 bits per heavy atom. The molecule has 1 heterocycles. The van der Waals surface area contributed by atoms with E-state index in [0.29, 0.717) is 19.5 Å². The summed E-state index contributed by atoms with van der Waals surface area (Å²) in [5, 5.41) is 17.0. The third kappa shape index (κ3) is 2.11. The second-order valence-electron chi connectivity index (χ2n) is 2.98. The van der Waals surface area contributed by atoms with Crippen LogP contribution >= 0.6 is 0 Å². The highest BCUT2D eigenvalue weighted by atomic mass is 16.4. The Hall–Kier alpha value is -1.26. The maximum atomic E-state index is 10.4. The van der Waals surface area contributed by atoms with Gasteiger partial charge in [-0.2, -0.15) is 0 Å².